The lowest BCUT2D eigenvalue weighted by atomic mass is 10.2. The highest BCUT2D eigenvalue weighted by Gasteiger charge is 2.19. The number of hydrogen-bond donors (Lipinski definition) is 0. The highest BCUT2D eigenvalue weighted by molar-refractivity contribution is 9.10. The number of amides is 1. The van der Waals surface area contributed by atoms with E-state index < -0.39 is 24.3 Å². The molecule has 0 bridgehead atoms. The molecule has 0 fully saturated rings. The largest absolute Gasteiger partial charge is 0.452 e. The Morgan fingerprint density at radius 1 is 1.20 bits per heavy atom. The van der Waals surface area contributed by atoms with Crippen LogP contribution >= 0.6 is 15.9 Å². The number of benzene rings is 2. The van der Waals surface area contributed by atoms with E-state index in [0.29, 0.717) is 10.2 Å². The predicted octanol–water partition coefficient (Wildman–Crippen LogP) is 3.69. The van der Waals surface area contributed by atoms with Gasteiger partial charge in [0, 0.05) is 16.7 Å². The number of nitrogens with zero attached hydrogens (tertiary/aromatic N) is 2. The van der Waals surface area contributed by atoms with Crippen molar-refractivity contribution < 1.29 is 18.7 Å². The fourth-order valence-corrected chi connectivity index (χ4v) is 2.51. The van der Waals surface area contributed by atoms with Crippen LogP contribution in [-0.2, 0) is 9.53 Å². The van der Waals surface area contributed by atoms with Crippen molar-refractivity contribution in [2.45, 2.75) is 6.42 Å². The van der Waals surface area contributed by atoms with Gasteiger partial charge in [0.1, 0.15) is 5.82 Å². The standard InChI is InChI=1S/C18H14BrFN2O3/c19-16-8-7-13(20)11-15(16)18(24)25-12-17(23)22(10-4-9-21)14-5-2-1-3-6-14/h1-3,5-8,11H,4,10,12H2. The molecule has 0 heterocycles. The molecule has 0 N–H and O–H groups in total. The molecule has 0 unspecified atom stereocenters. The van der Waals surface area contributed by atoms with Crippen molar-refractivity contribution in [1.29, 1.82) is 5.26 Å². The SMILES string of the molecule is N#CCCN(C(=O)COC(=O)c1cc(F)ccc1Br)c1ccccc1. The minimum Gasteiger partial charge on any atom is -0.452 e. The van der Waals surface area contributed by atoms with Gasteiger partial charge in [-0.15, -0.1) is 0 Å². The first-order valence-electron chi connectivity index (χ1n) is 7.37. The molecule has 7 heteroatoms. The summed E-state index contributed by atoms with van der Waals surface area (Å²) in [6.07, 6.45) is 0.143. The van der Waals surface area contributed by atoms with Gasteiger partial charge in [0.05, 0.1) is 18.1 Å². The van der Waals surface area contributed by atoms with Crippen molar-refractivity contribution in [3.05, 3.63) is 64.4 Å². The Bertz CT molecular complexity index is 806. The van der Waals surface area contributed by atoms with Crippen LogP contribution in [0.2, 0.25) is 0 Å². The third kappa shape index (κ3) is 5.13. The van der Waals surface area contributed by atoms with E-state index in [1.54, 1.807) is 30.3 Å². The first-order chi connectivity index (χ1) is 12.0. The number of para-hydroxylation sites is 1. The van der Waals surface area contributed by atoms with Crippen molar-refractivity contribution in [2.24, 2.45) is 0 Å². The lowest BCUT2D eigenvalue weighted by molar-refractivity contribution is -0.121. The molecule has 2 aromatic carbocycles. The molecular formula is C18H14BrFN2O3. The highest BCUT2D eigenvalue weighted by Crippen LogP contribution is 2.19. The van der Waals surface area contributed by atoms with E-state index in [1.165, 1.54) is 17.0 Å². The molecule has 0 saturated heterocycles. The van der Waals surface area contributed by atoms with Gasteiger partial charge in [0.2, 0.25) is 0 Å². The molecule has 1 amide bonds. The molecule has 25 heavy (non-hydrogen) atoms. The van der Waals surface area contributed by atoms with Crippen LogP contribution in [0, 0.1) is 17.1 Å². The fraction of sp³-hybridized carbons (Fsp3) is 0.167. The number of rotatable bonds is 6. The maximum Gasteiger partial charge on any atom is 0.339 e. The van der Waals surface area contributed by atoms with Crippen molar-refractivity contribution in [2.75, 3.05) is 18.1 Å². The van der Waals surface area contributed by atoms with E-state index in [0.717, 1.165) is 6.07 Å². The van der Waals surface area contributed by atoms with Gasteiger partial charge in [-0.05, 0) is 46.3 Å². The van der Waals surface area contributed by atoms with Crippen molar-refractivity contribution in [3.63, 3.8) is 0 Å². The quantitative estimate of drug-likeness (QED) is 0.688. The molecule has 2 aromatic rings. The minimum atomic E-state index is -0.812. The van der Waals surface area contributed by atoms with Gasteiger partial charge in [-0.25, -0.2) is 9.18 Å². The monoisotopic (exact) mass is 404 g/mol. The second-order valence-electron chi connectivity index (χ2n) is 4.99. The Morgan fingerprint density at radius 3 is 2.60 bits per heavy atom. The lowest BCUT2D eigenvalue weighted by Gasteiger charge is -2.21. The van der Waals surface area contributed by atoms with Gasteiger partial charge in [0.15, 0.2) is 6.61 Å². The topological polar surface area (TPSA) is 70.4 Å². The van der Waals surface area contributed by atoms with Crippen LogP contribution in [0.4, 0.5) is 10.1 Å². The third-order valence-electron chi connectivity index (χ3n) is 3.29. The van der Waals surface area contributed by atoms with Crippen LogP contribution in [0.5, 0.6) is 0 Å². The first kappa shape index (κ1) is 18.6. The highest BCUT2D eigenvalue weighted by atomic mass is 79.9. The summed E-state index contributed by atoms with van der Waals surface area (Å²) in [6, 6.07) is 14.4. The molecule has 0 aromatic heterocycles. The molecule has 5 nitrogen and oxygen atoms in total. The molecule has 0 atom stereocenters. The minimum absolute atomic E-state index is 0.00362. The molecule has 0 saturated carbocycles. The van der Waals surface area contributed by atoms with Gasteiger partial charge >= 0.3 is 5.97 Å². The van der Waals surface area contributed by atoms with Crippen LogP contribution in [-0.4, -0.2) is 25.0 Å². The summed E-state index contributed by atoms with van der Waals surface area (Å²) in [6.45, 7) is -0.331. The van der Waals surface area contributed by atoms with Crippen LogP contribution < -0.4 is 4.90 Å². The van der Waals surface area contributed by atoms with E-state index in [9.17, 15) is 14.0 Å². The number of ether oxygens (including phenoxy) is 1. The van der Waals surface area contributed by atoms with Gasteiger partial charge in [-0.1, -0.05) is 18.2 Å². The summed E-state index contributed by atoms with van der Waals surface area (Å²) in [5, 5.41) is 8.75. The number of carbonyl (C=O) groups excluding carboxylic acids is 2. The average molecular weight is 405 g/mol. The van der Waals surface area contributed by atoms with Gasteiger partial charge in [-0.2, -0.15) is 5.26 Å². The second-order valence-corrected chi connectivity index (χ2v) is 5.84. The van der Waals surface area contributed by atoms with Crippen LogP contribution in [0.25, 0.3) is 0 Å². The van der Waals surface area contributed by atoms with E-state index in [-0.39, 0.29) is 18.5 Å². The fourth-order valence-electron chi connectivity index (χ4n) is 2.10. The Hall–Kier alpha value is -2.72. The second kappa shape index (κ2) is 8.94. The van der Waals surface area contributed by atoms with E-state index in [1.807, 2.05) is 6.07 Å². The number of nitriles is 1. The van der Waals surface area contributed by atoms with E-state index >= 15 is 0 Å². The van der Waals surface area contributed by atoms with E-state index in [2.05, 4.69) is 15.9 Å². The summed E-state index contributed by atoms with van der Waals surface area (Å²) >= 11 is 3.14. The molecule has 128 valence electrons. The molecule has 0 aliphatic heterocycles. The van der Waals surface area contributed by atoms with Crippen LogP contribution in [0.15, 0.2) is 53.0 Å². The number of carbonyl (C=O) groups is 2. The smallest absolute Gasteiger partial charge is 0.339 e. The molecule has 0 spiro atoms. The van der Waals surface area contributed by atoms with Crippen molar-refractivity contribution >= 4 is 33.5 Å². The van der Waals surface area contributed by atoms with Crippen molar-refractivity contribution in [3.8, 4) is 6.07 Å². The molecular weight excluding hydrogens is 391 g/mol. The molecule has 0 aliphatic carbocycles. The van der Waals surface area contributed by atoms with E-state index in [4.69, 9.17) is 10.00 Å². The Kier molecular flexibility index (Phi) is 6.66. The zero-order valence-electron chi connectivity index (χ0n) is 13.1. The van der Waals surface area contributed by atoms with Gasteiger partial charge in [0.25, 0.3) is 5.91 Å². The number of hydrogen-bond acceptors (Lipinski definition) is 4. The summed E-state index contributed by atoms with van der Waals surface area (Å²) in [5.74, 6) is -1.86. The first-order valence-corrected chi connectivity index (χ1v) is 8.16. The van der Waals surface area contributed by atoms with Crippen LogP contribution in [0.3, 0.4) is 0 Å². The summed E-state index contributed by atoms with van der Waals surface area (Å²) in [4.78, 5) is 25.8. The van der Waals surface area contributed by atoms with Crippen LogP contribution in [0.1, 0.15) is 16.8 Å². The Morgan fingerprint density at radius 2 is 1.92 bits per heavy atom. The predicted molar refractivity (Wildman–Crippen MR) is 93.4 cm³/mol. The zero-order valence-corrected chi connectivity index (χ0v) is 14.7. The Labute approximate surface area is 152 Å². The molecule has 0 radical (unpaired) electrons. The maximum atomic E-state index is 13.3. The Balaban J connectivity index is 2.07. The molecule has 2 rings (SSSR count). The van der Waals surface area contributed by atoms with Gasteiger partial charge in [-0.3, -0.25) is 4.79 Å². The van der Waals surface area contributed by atoms with Crippen molar-refractivity contribution in [1.82, 2.24) is 0 Å². The van der Waals surface area contributed by atoms with Gasteiger partial charge < -0.3 is 9.64 Å². The summed E-state index contributed by atoms with van der Waals surface area (Å²) < 4.78 is 18.6. The maximum absolute atomic E-state index is 13.3. The third-order valence-corrected chi connectivity index (χ3v) is 3.98. The summed E-state index contributed by atoms with van der Waals surface area (Å²) in [7, 11) is 0. The summed E-state index contributed by atoms with van der Waals surface area (Å²) in [5.41, 5.74) is 0.599. The number of esters is 1. The zero-order chi connectivity index (χ0) is 18.2. The number of halogens is 2. The lowest BCUT2D eigenvalue weighted by Crippen LogP contribution is -2.35. The average Bonchev–Trinajstić information content (AvgIpc) is 2.63. The number of anilines is 1. The molecule has 0 aliphatic rings. The normalized spacial score (nSPS) is 9.96.